The van der Waals surface area contributed by atoms with Crippen molar-refractivity contribution >= 4 is 12.0 Å². The van der Waals surface area contributed by atoms with Crippen molar-refractivity contribution in [3.8, 4) is 5.75 Å². The van der Waals surface area contributed by atoms with Crippen LogP contribution in [0.2, 0.25) is 0 Å². The van der Waals surface area contributed by atoms with E-state index in [1.54, 1.807) is 6.92 Å². The number of rotatable bonds is 7. The van der Waals surface area contributed by atoms with Gasteiger partial charge in [0.2, 0.25) is 0 Å². The van der Waals surface area contributed by atoms with Gasteiger partial charge < -0.3 is 24.8 Å². The Bertz CT molecular complexity index is 754. The van der Waals surface area contributed by atoms with E-state index in [4.69, 9.17) is 14.2 Å². The number of esters is 1. The summed E-state index contributed by atoms with van der Waals surface area (Å²) in [4.78, 5) is 27.3. The highest BCUT2D eigenvalue weighted by atomic mass is 16.5. The van der Waals surface area contributed by atoms with Gasteiger partial charge in [-0.25, -0.2) is 9.59 Å². The quantitative estimate of drug-likeness (QED) is 0.677. The van der Waals surface area contributed by atoms with Crippen molar-refractivity contribution in [3.63, 3.8) is 0 Å². The molecule has 2 aliphatic rings. The molecule has 0 aliphatic carbocycles. The molecule has 8 nitrogen and oxygen atoms in total. The Labute approximate surface area is 171 Å². The second-order valence-electron chi connectivity index (χ2n) is 7.27. The Morgan fingerprint density at radius 1 is 1.24 bits per heavy atom. The molecular formula is C21H29N3O5. The molecule has 29 heavy (non-hydrogen) atoms. The van der Waals surface area contributed by atoms with Crippen LogP contribution in [-0.2, 0) is 14.3 Å². The number of nitrogens with one attached hydrogen (secondary N) is 2. The van der Waals surface area contributed by atoms with Gasteiger partial charge in [-0.05, 0) is 38.5 Å². The molecule has 0 bridgehead atoms. The number of ether oxygens (including phenoxy) is 3. The van der Waals surface area contributed by atoms with Crippen LogP contribution < -0.4 is 15.4 Å². The van der Waals surface area contributed by atoms with Gasteiger partial charge in [-0.1, -0.05) is 12.1 Å². The smallest absolute Gasteiger partial charge is 0.338 e. The number of hydrogen-bond donors (Lipinski definition) is 2. The molecule has 0 aromatic heterocycles. The summed E-state index contributed by atoms with van der Waals surface area (Å²) >= 11 is 0. The summed E-state index contributed by atoms with van der Waals surface area (Å²) in [5, 5.41) is 5.67. The van der Waals surface area contributed by atoms with E-state index in [1.807, 2.05) is 38.1 Å². The van der Waals surface area contributed by atoms with Gasteiger partial charge in [-0.15, -0.1) is 0 Å². The highest BCUT2D eigenvalue weighted by molar-refractivity contribution is 5.95. The lowest BCUT2D eigenvalue weighted by atomic mass is 9.95. The molecule has 0 saturated carbocycles. The summed E-state index contributed by atoms with van der Waals surface area (Å²) in [5.41, 5.74) is 1.79. The Kier molecular flexibility index (Phi) is 7.11. The molecule has 1 fully saturated rings. The fourth-order valence-electron chi connectivity index (χ4n) is 3.44. The standard InChI is InChI=1S/C21H29N3O5/c1-4-28-20(25)18-17(13-24-9-11-27-12-10-24)22-21(26)23-19(18)15-5-7-16(8-6-15)29-14(2)3/h5-8,14,19H,4,9-13H2,1-3H3,(H2,22,23,26)/t19-/m1/s1. The summed E-state index contributed by atoms with van der Waals surface area (Å²) in [5.74, 6) is 0.301. The van der Waals surface area contributed by atoms with Crippen molar-refractivity contribution < 1.29 is 23.8 Å². The Morgan fingerprint density at radius 3 is 2.55 bits per heavy atom. The molecule has 0 radical (unpaired) electrons. The molecule has 1 saturated heterocycles. The van der Waals surface area contributed by atoms with Crippen molar-refractivity contribution in [1.82, 2.24) is 15.5 Å². The van der Waals surface area contributed by atoms with Gasteiger partial charge in [-0.2, -0.15) is 0 Å². The summed E-state index contributed by atoms with van der Waals surface area (Å²) in [6.45, 7) is 9.15. The Morgan fingerprint density at radius 2 is 1.93 bits per heavy atom. The SMILES string of the molecule is CCOC(=O)C1=C(CN2CCOCC2)NC(=O)N[C@@H]1c1ccc(OC(C)C)cc1. The molecule has 2 aliphatic heterocycles. The van der Waals surface area contributed by atoms with Crippen LogP contribution in [0.1, 0.15) is 32.4 Å². The van der Waals surface area contributed by atoms with E-state index >= 15 is 0 Å². The van der Waals surface area contributed by atoms with Gasteiger partial charge in [0.05, 0.1) is 37.5 Å². The number of benzene rings is 1. The van der Waals surface area contributed by atoms with Crippen molar-refractivity contribution in [2.75, 3.05) is 39.5 Å². The van der Waals surface area contributed by atoms with Crippen LogP contribution in [0, 0.1) is 0 Å². The molecule has 158 valence electrons. The van der Waals surface area contributed by atoms with Crippen LogP contribution in [0.25, 0.3) is 0 Å². The first-order chi connectivity index (χ1) is 14.0. The monoisotopic (exact) mass is 403 g/mol. The van der Waals surface area contributed by atoms with E-state index in [1.165, 1.54) is 0 Å². The zero-order valence-corrected chi connectivity index (χ0v) is 17.2. The molecular weight excluding hydrogens is 374 g/mol. The van der Waals surface area contributed by atoms with Gasteiger partial charge in [0.1, 0.15) is 5.75 Å². The van der Waals surface area contributed by atoms with E-state index in [9.17, 15) is 9.59 Å². The van der Waals surface area contributed by atoms with Crippen LogP contribution in [0.15, 0.2) is 35.5 Å². The number of urea groups is 1. The van der Waals surface area contributed by atoms with Crippen LogP contribution in [0.5, 0.6) is 5.75 Å². The molecule has 3 rings (SSSR count). The molecule has 1 atom stereocenters. The third-order valence-corrected chi connectivity index (χ3v) is 4.72. The lowest BCUT2D eigenvalue weighted by Gasteiger charge is -2.33. The van der Waals surface area contributed by atoms with E-state index in [-0.39, 0.29) is 18.7 Å². The zero-order chi connectivity index (χ0) is 20.8. The fourth-order valence-corrected chi connectivity index (χ4v) is 3.44. The average molecular weight is 403 g/mol. The number of carbonyl (C=O) groups excluding carboxylic acids is 2. The first-order valence-electron chi connectivity index (χ1n) is 10.0. The van der Waals surface area contributed by atoms with Crippen molar-refractivity contribution in [1.29, 1.82) is 0 Å². The summed E-state index contributed by atoms with van der Waals surface area (Å²) in [6.07, 6.45) is 0.0644. The second kappa shape index (κ2) is 9.76. The normalized spacial score (nSPS) is 20.3. The van der Waals surface area contributed by atoms with E-state index in [0.717, 1.165) is 24.4 Å². The topological polar surface area (TPSA) is 89.1 Å². The van der Waals surface area contributed by atoms with Crippen molar-refractivity contribution in [3.05, 3.63) is 41.1 Å². The number of carbonyl (C=O) groups is 2. The first kappa shape index (κ1) is 21.1. The number of hydrogen-bond acceptors (Lipinski definition) is 6. The maximum atomic E-state index is 12.8. The number of morpholine rings is 1. The summed E-state index contributed by atoms with van der Waals surface area (Å²) < 4.78 is 16.4. The molecule has 1 aromatic rings. The number of amides is 2. The highest BCUT2D eigenvalue weighted by Crippen LogP contribution is 2.29. The van der Waals surface area contributed by atoms with E-state index in [2.05, 4.69) is 15.5 Å². The minimum absolute atomic E-state index is 0.0644. The predicted octanol–water partition coefficient (Wildman–Crippen LogP) is 1.98. The molecule has 0 unspecified atom stereocenters. The summed E-state index contributed by atoms with van der Waals surface area (Å²) in [6, 6.07) is 6.47. The van der Waals surface area contributed by atoms with E-state index in [0.29, 0.717) is 31.0 Å². The molecule has 2 amide bonds. The maximum absolute atomic E-state index is 12.8. The van der Waals surface area contributed by atoms with Crippen LogP contribution in [0.3, 0.4) is 0 Å². The highest BCUT2D eigenvalue weighted by Gasteiger charge is 2.34. The minimum atomic E-state index is -0.591. The third-order valence-electron chi connectivity index (χ3n) is 4.72. The molecule has 2 heterocycles. The fraction of sp³-hybridized carbons (Fsp3) is 0.524. The van der Waals surface area contributed by atoms with Gasteiger partial charge >= 0.3 is 12.0 Å². The first-order valence-corrected chi connectivity index (χ1v) is 10.0. The minimum Gasteiger partial charge on any atom is -0.491 e. The Hall–Kier alpha value is -2.58. The molecule has 2 N–H and O–H groups in total. The van der Waals surface area contributed by atoms with E-state index < -0.39 is 12.0 Å². The third kappa shape index (κ3) is 5.48. The van der Waals surface area contributed by atoms with Crippen LogP contribution in [-0.4, -0.2) is 62.5 Å². The molecule has 1 aromatic carbocycles. The van der Waals surface area contributed by atoms with Gasteiger partial charge in [0, 0.05) is 25.3 Å². The van der Waals surface area contributed by atoms with Crippen molar-refractivity contribution in [2.24, 2.45) is 0 Å². The lowest BCUT2D eigenvalue weighted by molar-refractivity contribution is -0.139. The van der Waals surface area contributed by atoms with Crippen molar-refractivity contribution in [2.45, 2.75) is 32.9 Å². The molecule has 0 spiro atoms. The maximum Gasteiger partial charge on any atom is 0.338 e. The zero-order valence-electron chi connectivity index (χ0n) is 17.2. The largest absolute Gasteiger partial charge is 0.491 e. The van der Waals surface area contributed by atoms with Crippen LogP contribution >= 0.6 is 0 Å². The Balaban J connectivity index is 1.92. The second-order valence-corrected chi connectivity index (χ2v) is 7.27. The lowest BCUT2D eigenvalue weighted by Crippen LogP contribution is -2.49. The van der Waals surface area contributed by atoms with Gasteiger partial charge in [-0.3, -0.25) is 4.90 Å². The predicted molar refractivity (Wildman–Crippen MR) is 108 cm³/mol. The van der Waals surface area contributed by atoms with Crippen LogP contribution in [0.4, 0.5) is 4.79 Å². The molecule has 8 heteroatoms. The summed E-state index contributed by atoms with van der Waals surface area (Å²) in [7, 11) is 0. The number of nitrogens with zero attached hydrogens (tertiary/aromatic N) is 1. The van der Waals surface area contributed by atoms with Gasteiger partial charge in [0.25, 0.3) is 0 Å². The average Bonchev–Trinajstić information content (AvgIpc) is 2.68. The van der Waals surface area contributed by atoms with Gasteiger partial charge in [0.15, 0.2) is 0 Å².